The first-order valence-electron chi connectivity index (χ1n) is 7.47. The van der Waals surface area contributed by atoms with E-state index < -0.39 is 0 Å². The van der Waals surface area contributed by atoms with Crippen LogP contribution >= 0.6 is 0 Å². The normalized spacial score (nSPS) is 25.5. The third kappa shape index (κ3) is 3.84. The molecule has 0 radical (unpaired) electrons. The molecule has 0 heterocycles. The standard InChI is InChI=1S/C16H31N/c1-5-8-13-10-7-11-14(16(13,3)4)12-15(17)9-6-2/h11,13,15H,5-10,12,17H2,1-4H3. The smallest absolute Gasteiger partial charge is 0.00761 e. The zero-order valence-corrected chi connectivity index (χ0v) is 12.3. The largest absolute Gasteiger partial charge is 0.327 e. The second-order valence-corrected chi connectivity index (χ2v) is 6.27. The van der Waals surface area contributed by atoms with Gasteiger partial charge in [-0.3, -0.25) is 0 Å². The summed E-state index contributed by atoms with van der Waals surface area (Å²) in [6.07, 6.45) is 11.3. The summed E-state index contributed by atoms with van der Waals surface area (Å²) in [5.74, 6) is 0.862. The van der Waals surface area contributed by atoms with E-state index in [0.717, 1.165) is 18.8 Å². The van der Waals surface area contributed by atoms with Crippen molar-refractivity contribution < 1.29 is 0 Å². The Morgan fingerprint density at radius 3 is 2.65 bits per heavy atom. The Bertz CT molecular complexity index is 252. The Morgan fingerprint density at radius 1 is 1.35 bits per heavy atom. The van der Waals surface area contributed by atoms with Crippen LogP contribution in [0.4, 0.5) is 0 Å². The predicted octanol–water partition coefficient (Wildman–Crippen LogP) is 4.67. The number of allylic oxidation sites excluding steroid dienone is 1. The van der Waals surface area contributed by atoms with E-state index in [1.54, 1.807) is 5.57 Å². The molecule has 0 aromatic carbocycles. The lowest BCUT2D eigenvalue weighted by Crippen LogP contribution is -2.33. The van der Waals surface area contributed by atoms with Gasteiger partial charge in [-0.1, -0.05) is 52.2 Å². The van der Waals surface area contributed by atoms with Crippen LogP contribution in [0.25, 0.3) is 0 Å². The van der Waals surface area contributed by atoms with Crippen LogP contribution in [0.1, 0.15) is 72.6 Å². The molecule has 0 aromatic heterocycles. The number of rotatable bonds is 6. The Morgan fingerprint density at radius 2 is 2.06 bits per heavy atom. The molecule has 2 N–H and O–H groups in total. The van der Waals surface area contributed by atoms with Crippen LogP contribution in [0.2, 0.25) is 0 Å². The Hall–Kier alpha value is -0.300. The molecular formula is C16H31N. The minimum Gasteiger partial charge on any atom is -0.327 e. The molecule has 1 rings (SSSR count). The van der Waals surface area contributed by atoms with Gasteiger partial charge in [-0.25, -0.2) is 0 Å². The lowest BCUT2D eigenvalue weighted by Gasteiger charge is -2.41. The van der Waals surface area contributed by atoms with Crippen LogP contribution in [-0.4, -0.2) is 6.04 Å². The van der Waals surface area contributed by atoms with Crippen LogP contribution in [-0.2, 0) is 0 Å². The summed E-state index contributed by atoms with van der Waals surface area (Å²) in [6.45, 7) is 9.38. The van der Waals surface area contributed by atoms with Gasteiger partial charge in [0.2, 0.25) is 0 Å². The second-order valence-electron chi connectivity index (χ2n) is 6.27. The summed E-state index contributed by atoms with van der Waals surface area (Å²) >= 11 is 0. The fourth-order valence-electron chi connectivity index (χ4n) is 3.30. The summed E-state index contributed by atoms with van der Waals surface area (Å²) in [5, 5.41) is 0. The molecule has 1 aliphatic carbocycles. The molecule has 2 atom stereocenters. The fourth-order valence-corrected chi connectivity index (χ4v) is 3.30. The molecule has 0 fully saturated rings. The maximum Gasteiger partial charge on any atom is 0.00761 e. The highest BCUT2D eigenvalue weighted by molar-refractivity contribution is 5.18. The second kappa shape index (κ2) is 6.58. The molecule has 0 aromatic rings. The molecule has 0 saturated heterocycles. The Balaban J connectivity index is 2.67. The quantitative estimate of drug-likeness (QED) is 0.668. The SMILES string of the molecule is CCCC(N)CC1=CCCC(CCC)C1(C)C. The fraction of sp³-hybridized carbons (Fsp3) is 0.875. The molecule has 0 aliphatic heterocycles. The van der Waals surface area contributed by atoms with Gasteiger partial charge in [-0.2, -0.15) is 0 Å². The molecule has 1 heteroatoms. The molecule has 1 aliphatic rings. The van der Waals surface area contributed by atoms with Crippen LogP contribution < -0.4 is 5.73 Å². The molecular weight excluding hydrogens is 206 g/mol. The first-order chi connectivity index (χ1) is 8.02. The first kappa shape index (κ1) is 14.8. The van der Waals surface area contributed by atoms with Gasteiger partial charge in [0.25, 0.3) is 0 Å². The zero-order valence-electron chi connectivity index (χ0n) is 12.3. The van der Waals surface area contributed by atoms with E-state index >= 15 is 0 Å². The summed E-state index contributed by atoms with van der Waals surface area (Å²) in [6, 6.07) is 0.367. The molecule has 1 nitrogen and oxygen atoms in total. The summed E-state index contributed by atoms with van der Waals surface area (Å²) in [4.78, 5) is 0. The van der Waals surface area contributed by atoms with Gasteiger partial charge >= 0.3 is 0 Å². The molecule has 2 unspecified atom stereocenters. The van der Waals surface area contributed by atoms with Gasteiger partial charge in [-0.05, 0) is 43.4 Å². The average molecular weight is 237 g/mol. The summed E-state index contributed by atoms with van der Waals surface area (Å²) in [5.41, 5.74) is 8.22. The van der Waals surface area contributed by atoms with Crippen LogP contribution in [0.15, 0.2) is 11.6 Å². The van der Waals surface area contributed by atoms with Crippen molar-refractivity contribution in [2.75, 3.05) is 0 Å². The van der Waals surface area contributed by atoms with E-state index in [2.05, 4.69) is 33.8 Å². The predicted molar refractivity (Wildman–Crippen MR) is 77.0 cm³/mol. The van der Waals surface area contributed by atoms with Crippen LogP contribution in [0.3, 0.4) is 0 Å². The van der Waals surface area contributed by atoms with E-state index in [0.29, 0.717) is 11.5 Å². The van der Waals surface area contributed by atoms with Crippen molar-refractivity contribution in [1.29, 1.82) is 0 Å². The maximum absolute atomic E-state index is 6.21. The van der Waals surface area contributed by atoms with E-state index in [1.165, 1.54) is 32.1 Å². The van der Waals surface area contributed by atoms with Crippen molar-refractivity contribution in [2.45, 2.75) is 78.7 Å². The number of hydrogen-bond acceptors (Lipinski definition) is 1. The Kier molecular flexibility index (Phi) is 5.72. The third-order valence-corrected chi connectivity index (χ3v) is 4.53. The van der Waals surface area contributed by atoms with Crippen molar-refractivity contribution in [2.24, 2.45) is 17.1 Å². The van der Waals surface area contributed by atoms with Gasteiger partial charge in [0.15, 0.2) is 0 Å². The maximum atomic E-state index is 6.21. The van der Waals surface area contributed by atoms with E-state index in [9.17, 15) is 0 Å². The molecule has 0 bridgehead atoms. The molecule has 0 saturated carbocycles. The van der Waals surface area contributed by atoms with Gasteiger partial charge in [0.1, 0.15) is 0 Å². The van der Waals surface area contributed by atoms with Crippen molar-refractivity contribution in [1.82, 2.24) is 0 Å². The monoisotopic (exact) mass is 237 g/mol. The van der Waals surface area contributed by atoms with E-state index in [1.807, 2.05) is 0 Å². The zero-order chi connectivity index (χ0) is 12.9. The summed E-state index contributed by atoms with van der Waals surface area (Å²) in [7, 11) is 0. The minimum atomic E-state index is 0.367. The molecule has 0 amide bonds. The van der Waals surface area contributed by atoms with Gasteiger partial charge < -0.3 is 5.73 Å². The van der Waals surface area contributed by atoms with Gasteiger partial charge in [0.05, 0.1) is 0 Å². The van der Waals surface area contributed by atoms with Crippen molar-refractivity contribution in [3.63, 3.8) is 0 Å². The number of nitrogens with two attached hydrogens (primary N) is 1. The molecule has 0 spiro atoms. The van der Waals surface area contributed by atoms with E-state index in [4.69, 9.17) is 5.73 Å². The Labute approximate surface area is 108 Å². The third-order valence-electron chi connectivity index (χ3n) is 4.53. The minimum absolute atomic E-state index is 0.367. The van der Waals surface area contributed by atoms with Gasteiger partial charge in [0, 0.05) is 6.04 Å². The van der Waals surface area contributed by atoms with Crippen molar-refractivity contribution in [3.05, 3.63) is 11.6 Å². The topological polar surface area (TPSA) is 26.0 Å². The number of hydrogen-bond donors (Lipinski definition) is 1. The lowest BCUT2D eigenvalue weighted by molar-refractivity contribution is 0.209. The highest BCUT2D eigenvalue weighted by Gasteiger charge is 2.34. The molecule has 17 heavy (non-hydrogen) atoms. The van der Waals surface area contributed by atoms with Crippen LogP contribution in [0, 0.1) is 11.3 Å². The first-order valence-corrected chi connectivity index (χ1v) is 7.47. The highest BCUT2D eigenvalue weighted by atomic mass is 14.6. The lowest BCUT2D eigenvalue weighted by atomic mass is 9.65. The summed E-state index contributed by atoms with van der Waals surface area (Å²) < 4.78 is 0. The molecule has 100 valence electrons. The van der Waals surface area contributed by atoms with Crippen molar-refractivity contribution >= 4 is 0 Å². The van der Waals surface area contributed by atoms with Gasteiger partial charge in [-0.15, -0.1) is 0 Å². The van der Waals surface area contributed by atoms with Crippen molar-refractivity contribution in [3.8, 4) is 0 Å². The average Bonchev–Trinajstić information content (AvgIpc) is 2.25. The van der Waals surface area contributed by atoms with E-state index in [-0.39, 0.29) is 0 Å². The van der Waals surface area contributed by atoms with Crippen LogP contribution in [0.5, 0.6) is 0 Å². The highest BCUT2D eigenvalue weighted by Crippen LogP contribution is 2.45.